The summed E-state index contributed by atoms with van der Waals surface area (Å²) >= 11 is 4.52. The van der Waals surface area contributed by atoms with Gasteiger partial charge < -0.3 is 18.9 Å². The second kappa shape index (κ2) is 4.86. The lowest BCUT2D eigenvalue weighted by Gasteiger charge is -2.16. The molecule has 0 spiro atoms. The first-order valence-electron chi connectivity index (χ1n) is 5.60. The molecule has 98 valence electrons. The van der Waals surface area contributed by atoms with Gasteiger partial charge >= 0.3 is 0 Å². The van der Waals surface area contributed by atoms with Crippen molar-refractivity contribution in [3.8, 4) is 17.2 Å². The average Bonchev–Trinajstić information content (AvgIpc) is 2.92. The summed E-state index contributed by atoms with van der Waals surface area (Å²) in [5, 5.41) is 0. The van der Waals surface area contributed by atoms with E-state index in [2.05, 4.69) is 45.2 Å². The molecule has 4 nitrogen and oxygen atoms in total. The summed E-state index contributed by atoms with van der Waals surface area (Å²) in [5.41, 5.74) is 1.13. The number of benzene rings is 1. The Balaban J connectivity index is 2.24. The van der Waals surface area contributed by atoms with E-state index in [0.29, 0.717) is 0 Å². The van der Waals surface area contributed by atoms with Crippen LogP contribution in [0.3, 0.4) is 0 Å². The molecule has 6 heteroatoms. The van der Waals surface area contributed by atoms with Gasteiger partial charge in [-0.1, -0.05) is 0 Å². The second-order valence-electron chi connectivity index (χ2n) is 4.19. The molecule has 1 saturated heterocycles. The molecule has 0 aromatic heterocycles. The lowest BCUT2D eigenvalue weighted by molar-refractivity contribution is -0.0342. The van der Waals surface area contributed by atoms with E-state index < -0.39 is 0 Å². The van der Waals surface area contributed by atoms with Gasteiger partial charge in [-0.25, -0.2) is 0 Å². The Hall–Kier alpha value is 0.0400. The zero-order chi connectivity index (χ0) is 12.9. The second-order valence-corrected chi connectivity index (χ2v) is 6.35. The third kappa shape index (κ3) is 1.71. The van der Waals surface area contributed by atoms with E-state index in [4.69, 9.17) is 18.9 Å². The van der Waals surface area contributed by atoms with Crippen molar-refractivity contribution in [2.24, 2.45) is 0 Å². The Bertz CT molecular complexity index is 504. The van der Waals surface area contributed by atoms with Crippen LogP contribution < -0.4 is 14.2 Å². The minimum Gasteiger partial charge on any atom is -0.495 e. The van der Waals surface area contributed by atoms with Gasteiger partial charge in [0.15, 0.2) is 5.75 Å². The maximum Gasteiger partial charge on any atom is 0.207 e. The molecule has 0 saturated carbocycles. The fraction of sp³-hybridized carbons (Fsp3) is 0.500. The molecule has 2 atom stereocenters. The van der Waals surface area contributed by atoms with Crippen LogP contribution in [0.5, 0.6) is 17.2 Å². The van der Waals surface area contributed by atoms with Gasteiger partial charge in [0, 0.05) is 5.56 Å². The van der Waals surface area contributed by atoms with Crippen LogP contribution in [0, 0.1) is 7.14 Å². The van der Waals surface area contributed by atoms with Crippen LogP contribution in [0.25, 0.3) is 0 Å². The van der Waals surface area contributed by atoms with Crippen molar-refractivity contribution in [2.75, 3.05) is 20.8 Å². The Labute approximate surface area is 133 Å². The molecule has 2 heterocycles. The lowest BCUT2D eigenvalue weighted by Crippen LogP contribution is -2.14. The molecule has 3 rings (SSSR count). The van der Waals surface area contributed by atoms with Gasteiger partial charge in [0.1, 0.15) is 11.5 Å². The van der Waals surface area contributed by atoms with Crippen molar-refractivity contribution < 1.29 is 18.9 Å². The molecular formula is C12H12I2O4. The fourth-order valence-corrected chi connectivity index (χ4v) is 4.97. The van der Waals surface area contributed by atoms with Crippen molar-refractivity contribution in [3.05, 3.63) is 12.7 Å². The van der Waals surface area contributed by atoms with Gasteiger partial charge in [-0.3, -0.25) is 0 Å². The minimum absolute atomic E-state index is 0.162. The molecule has 18 heavy (non-hydrogen) atoms. The van der Waals surface area contributed by atoms with Crippen molar-refractivity contribution >= 4 is 45.2 Å². The molecule has 2 aliphatic rings. The number of hydrogen-bond acceptors (Lipinski definition) is 4. The Morgan fingerprint density at radius 3 is 2.50 bits per heavy atom. The number of halogens is 2. The largest absolute Gasteiger partial charge is 0.495 e. The van der Waals surface area contributed by atoms with E-state index in [1.54, 1.807) is 14.2 Å². The van der Waals surface area contributed by atoms with Gasteiger partial charge in [0.25, 0.3) is 0 Å². The van der Waals surface area contributed by atoms with Crippen molar-refractivity contribution in [1.29, 1.82) is 0 Å². The van der Waals surface area contributed by atoms with Crippen LogP contribution >= 0.6 is 45.2 Å². The molecule has 0 amide bonds. The zero-order valence-electron chi connectivity index (χ0n) is 9.96. The van der Waals surface area contributed by atoms with Crippen molar-refractivity contribution in [3.63, 3.8) is 0 Å². The highest BCUT2D eigenvalue weighted by atomic mass is 127. The Morgan fingerprint density at radius 2 is 1.83 bits per heavy atom. The van der Waals surface area contributed by atoms with Gasteiger partial charge in [-0.2, -0.15) is 0 Å². The molecule has 1 fully saturated rings. The summed E-state index contributed by atoms with van der Waals surface area (Å²) in [6, 6.07) is 0. The summed E-state index contributed by atoms with van der Waals surface area (Å²) in [6.45, 7) is 0.747. The van der Waals surface area contributed by atoms with Gasteiger partial charge in [-0.05, 0) is 51.6 Å². The first-order valence-corrected chi connectivity index (χ1v) is 7.75. The third-order valence-corrected chi connectivity index (χ3v) is 5.30. The Morgan fingerprint density at radius 1 is 1.11 bits per heavy atom. The normalized spacial score (nSPS) is 24.4. The Kier molecular flexibility index (Phi) is 3.52. The van der Waals surface area contributed by atoms with Crippen LogP contribution in [0.2, 0.25) is 0 Å². The van der Waals surface area contributed by atoms with Crippen molar-refractivity contribution in [1.82, 2.24) is 0 Å². The first-order chi connectivity index (χ1) is 8.69. The summed E-state index contributed by atoms with van der Waals surface area (Å²) in [4.78, 5) is 0. The quantitative estimate of drug-likeness (QED) is 0.618. The van der Waals surface area contributed by atoms with E-state index in [-0.39, 0.29) is 12.2 Å². The van der Waals surface area contributed by atoms with Gasteiger partial charge in [-0.15, -0.1) is 0 Å². The fourth-order valence-electron chi connectivity index (χ4n) is 2.55. The van der Waals surface area contributed by atoms with Crippen LogP contribution in [0.15, 0.2) is 0 Å². The maximum atomic E-state index is 5.91. The number of hydrogen-bond donors (Lipinski definition) is 0. The third-order valence-electron chi connectivity index (χ3n) is 3.34. The van der Waals surface area contributed by atoms with Gasteiger partial charge in [0.2, 0.25) is 6.29 Å². The molecule has 2 unspecified atom stereocenters. The van der Waals surface area contributed by atoms with E-state index in [0.717, 1.165) is 43.0 Å². The van der Waals surface area contributed by atoms with E-state index in [1.807, 2.05) is 0 Å². The van der Waals surface area contributed by atoms with Crippen molar-refractivity contribution in [2.45, 2.75) is 18.6 Å². The van der Waals surface area contributed by atoms with E-state index in [9.17, 15) is 0 Å². The zero-order valence-corrected chi connectivity index (χ0v) is 14.3. The molecule has 0 aliphatic carbocycles. The van der Waals surface area contributed by atoms with E-state index in [1.165, 1.54) is 0 Å². The lowest BCUT2D eigenvalue weighted by atomic mass is 9.97. The molecule has 0 N–H and O–H groups in total. The smallest absolute Gasteiger partial charge is 0.207 e. The topological polar surface area (TPSA) is 36.9 Å². The molecule has 0 bridgehead atoms. The SMILES string of the molecule is COc1c(I)c(OC)c2c(c1I)OC1OCCC21. The highest BCUT2D eigenvalue weighted by Gasteiger charge is 2.44. The predicted molar refractivity (Wildman–Crippen MR) is 82.7 cm³/mol. The molecular weight excluding hydrogens is 462 g/mol. The first kappa shape index (κ1) is 13.0. The maximum absolute atomic E-state index is 5.91. The van der Waals surface area contributed by atoms with E-state index >= 15 is 0 Å². The minimum atomic E-state index is -0.162. The summed E-state index contributed by atoms with van der Waals surface area (Å²) in [7, 11) is 3.35. The van der Waals surface area contributed by atoms with Crippen LogP contribution in [-0.4, -0.2) is 27.1 Å². The number of ether oxygens (including phenoxy) is 4. The monoisotopic (exact) mass is 474 g/mol. The highest BCUT2D eigenvalue weighted by molar-refractivity contribution is 14.1. The summed E-state index contributed by atoms with van der Waals surface area (Å²) in [5.74, 6) is 2.81. The number of fused-ring (bicyclic) bond motifs is 3. The van der Waals surface area contributed by atoms with Crippen LogP contribution in [0.1, 0.15) is 17.9 Å². The molecule has 1 aromatic carbocycles. The number of methoxy groups -OCH3 is 2. The van der Waals surface area contributed by atoms with Gasteiger partial charge in [0.05, 0.1) is 33.9 Å². The summed E-state index contributed by atoms with van der Waals surface area (Å²) < 4.78 is 24.5. The number of rotatable bonds is 2. The average molecular weight is 474 g/mol. The highest BCUT2D eigenvalue weighted by Crippen LogP contribution is 2.55. The molecule has 2 aliphatic heterocycles. The predicted octanol–water partition coefficient (Wildman–Crippen LogP) is 3.14. The summed E-state index contributed by atoms with van der Waals surface area (Å²) in [6.07, 6.45) is 0.817. The van der Waals surface area contributed by atoms with Crippen LogP contribution in [0.4, 0.5) is 0 Å². The van der Waals surface area contributed by atoms with Crippen LogP contribution in [-0.2, 0) is 4.74 Å². The standard InChI is InChI=1S/C12H12I2O4/c1-15-9-6-5-3-4-17-12(5)18-10(6)8(14)11(16-2)7(9)13/h5,12H,3-4H2,1-2H3. The molecule has 1 aromatic rings. The molecule has 0 radical (unpaired) electrons.